The maximum atomic E-state index is 13.7. The highest BCUT2D eigenvalue weighted by molar-refractivity contribution is 6.30. The maximum Gasteiger partial charge on any atom is 0.253 e. The Hall–Kier alpha value is -4.71. The lowest BCUT2D eigenvalue weighted by atomic mass is 9.94. The first-order chi connectivity index (χ1) is 24.8. The van der Waals surface area contributed by atoms with Crippen molar-refractivity contribution >= 4 is 34.5 Å². The largest absolute Gasteiger partial charge is 0.493 e. The molecule has 51 heavy (non-hydrogen) atoms. The molecule has 1 saturated heterocycles. The van der Waals surface area contributed by atoms with Gasteiger partial charge < -0.3 is 43.4 Å². The van der Waals surface area contributed by atoms with Crippen LogP contribution in [0.1, 0.15) is 52.6 Å². The fraction of sp³-hybridized carbons (Fsp3) is 0.385. The highest BCUT2D eigenvalue weighted by Crippen LogP contribution is 2.38. The number of carbonyl (C=O) groups is 1. The van der Waals surface area contributed by atoms with Crippen molar-refractivity contribution in [1.82, 2.24) is 19.4 Å². The van der Waals surface area contributed by atoms with Gasteiger partial charge in [-0.15, -0.1) is 0 Å². The molecule has 0 saturated carbocycles. The number of ether oxygens (including phenoxy) is 3. The average Bonchev–Trinajstić information content (AvgIpc) is 3.76. The Kier molecular flexibility index (Phi) is 11.7. The van der Waals surface area contributed by atoms with Gasteiger partial charge in [-0.05, 0) is 79.9 Å². The zero-order valence-electron chi connectivity index (χ0n) is 29.6. The Bertz CT molecular complexity index is 1910. The quantitative estimate of drug-likeness (QED) is 0.123. The number of para-hydroxylation sites is 2. The van der Waals surface area contributed by atoms with E-state index < -0.39 is 0 Å². The zero-order valence-corrected chi connectivity index (χ0v) is 30.4. The highest BCUT2D eigenvalue weighted by atomic mass is 35.5. The molecule has 0 spiro atoms. The number of aliphatic hydroxyl groups is 1. The van der Waals surface area contributed by atoms with Gasteiger partial charge in [-0.3, -0.25) is 4.79 Å². The summed E-state index contributed by atoms with van der Waals surface area (Å²) < 4.78 is 24.4. The van der Waals surface area contributed by atoms with Crippen LogP contribution in [-0.2, 0) is 13.2 Å². The number of halogens is 1. The number of methoxy groups -OCH3 is 3. The van der Waals surface area contributed by atoms with E-state index in [9.17, 15) is 9.90 Å². The predicted molar refractivity (Wildman–Crippen MR) is 198 cm³/mol. The SMILES string of the molecule is COc1cc(C(=O)N(C)CC(CCN2CCC(Nc3nc4ccccc4n3Cc3ccc(CO)o3)CC2)c2cccc(Cl)c2)cc(OC)c1OC. The van der Waals surface area contributed by atoms with Crippen LogP contribution in [0.4, 0.5) is 5.95 Å². The third kappa shape index (κ3) is 8.44. The molecule has 1 aliphatic rings. The van der Waals surface area contributed by atoms with Gasteiger partial charge in [0.25, 0.3) is 5.91 Å². The van der Waals surface area contributed by atoms with E-state index in [1.807, 2.05) is 49.5 Å². The van der Waals surface area contributed by atoms with Crippen molar-refractivity contribution in [3.8, 4) is 17.2 Å². The van der Waals surface area contributed by atoms with Gasteiger partial charge in [-0.1, -0.05) is 35.9 Å². The first-order valence-corrected chi connectivity index (χ1v) is 17.6. The standard InChI is InChI=1S/C39H46ClN5O6/c1-43(38(47)28-21-35(48-2)37(50-4)36(22-28)49-3)23-27(26-8-7-9-29(40)20-26)14-17-44-18-15-30(16-19-44)41-39-42-33-10-5-6-11-34(33)45(39)24-31-12-13-32(25-46)51-31/h5-13,20-22,27,30,46H,14-19,23-25H2,1-4H3,(H,41,42). The van der Waals surface area contributed by atoms with E-state index in [4.69, 9.17) is 35.2 Å². The summed E-state index contributed by atoms with van der Waals surface area (Å²) in [5.74, 6) is 3.38. The summed E-state index contributed by atoms with van der Waals surface area (Å²) in [7, 11) is 6.44. The molecule has 1 fully saturated rings. The van der Waals surface area contributed by atoms with E-state index in [0.29, 0.717) is 46.7 Å². The van der Waals surface area contributed by atoms with Crippen LogP contribution < -0.4 is 19.5 Å². The summed E-state index contributed by atoms with van der Waals surface area (Å²) in [5.41, 5.74) is 3.51. The summed E-state index contributed by atoms with van der Waals surface area (Å²) in [6, 6.07) is 23.4. The number of furan rings is 1. The molecule has 12 heteroatoms. The Labute approximate surface area is 303 Å². The van der Waals surface area contributed by atoms with Crippen LogP contribution in [0, 0.1) is 0 Å². The molecule has 5 aromatic rings. The second-order valence-corrected chi connectivity index (χ2v) is 13.4. The normalized spacial score (nSPS) is 14.4. The molecule has 6 rings (SSSR count). The molecule has 1 aliphatic heterocycles. The van der Waals surface area contributed by atoms with Crippen molar-refractivity contribution in [2.24, 2.45) is 0 Å². The van der Waals surface area contributed by atoms with Gasteiger partial charge in [0.2, 0.25) is 11.7 Å². The lowest BCUT2D eigenvalue weighted by Crippen LogP contribution is -2.40. The number of likely N-dealkylation sites (N-methyl/N-ethyl adjacent to an activating group) is 1. The number of aliphatic hydroxyl groups excluding tert-OH is 1. The lowest BCUT2D eigenvalue weighted by Gasteiger charge is -2.34. The van der Waals surface area contributed by atoms with Gasteiger partial charge in [-0.2, -0.15) is 0 Å². The monoisotopic (exact) mass is 715 g/mol. The van der Waals surface area contributed by atoms with Crippen molar-refractivity contribution in [1.29, 1.82) is 0 Å². The van der Waals surface area contributed by atoms with Gasteiger partial charge >= 0.3 is 0 Å². The molecule has 1 unspecified atom stereocenters. The topological polar surface area (TPSA) is 114 Å². The Morgan fingerprint density at radius 2 is 1.73 bits per heavy atom. The molecule has 1 atom stereocenters. The summed E-state index contributed by atoms with van der Waals surface area (Å²) in [4.78, 5) is 22.9. The number of nitrogens with zero attached hydrogens (tertiary/aromatic N) is 4. The number of fused-ring (bicyclic) bond motifs is 1. The Balaban J connectivity index is 1.10. The molecule has 2 aromatic heterocycles. The summed E-state index contributed by atoms with van der Waals surface area (Å²) in [6.45, 7) is 3.68. The highest BCUT2D eigenvalue weighted by Gasteiger charge is 2.26. The number of aromatic nitrogens is 2. The molecule has 0 aliphatic carbocycles. The number of amides is 1. The third-order valence-corrected chi connectivity index (χ3v) is 9.86. The number of rotatable bonds is 15. The van der Waals surface area contributed by atoms with Crippen molar-refractivity contribution in [2.45, 2.75) is 44.4 Å². The fourth-order valence-electron chi connectivity index (χ4n) is 6.88. The molecule has 0 bridgehead atoms. The van der Waals surface area contributed by atoms with E-state index in [-0.39, 0.29) is 24.5 Å². The number of anilines is 1. The number of carbonyl (C=O) groups excluding carboxylic acids is 1. The predicted octanol–water partition coefficient (Wildman–Crippen LogP) is 6.67. The molecule has 0 radical (unpaired) electrons. The average molecular weight is 716 g/mol. The minimum absolute atomic E-state index is 0.0726. The molecule has 3 aromatic carbocycles. The Morgan fingerprint density at radius 1 is 1.00 bits per heavy atom. The molecule has 11 nitrogen and oxygen atoms in total. The van der Waals surface area contributed by atoms with Crippen LogP contribution in [0.15, 0.2) is 77.2 Å². The summed E-state index contributed by atoms with van der Waals surface area (Å²) >= 11 is 6.44. The molecule has 2 N–H and O–H groups in total. The number of hydrogen-bond acceptors (Lipinski definition) is 9. The van der Waals surface area contributed by atoms with E-state index in [1.54, 1.807) is 30.2 Å². The smallest absolute Gasteiger partial charge is 0.253 e. The first-order valence-electron chi connectivity index (χ1n) is 17.2. The number of imidazole rings is 1. The fourth-order valence-corrected chi connectivity index (χ4v) is 7.08. The third-order valence-electron chi connectivity index (χ3n) is 9.63. The summed E-state index contributed by atoms with van der Waals surface area (Å²) in [5, 5.41) is 13.9. The van der Waals surface area contributed by atoms with Crippen molar-refractivity contribution in [3.05, 3.63) is 100 Å². The van der Waals surface area contributed by atoms with Crippen molar-refractivity contribution < 1.29 is 28.5 Å². The van der Waals surface area contributed by atoms with Gasteiger partial charge in [0.15, 0.2) is 11.5 Å². The van der Waals surface area contributed by atoms with Crippen LogP contribution in [0.3, 0.4) is 0 Å². The van der Waals surface area contributed by atoms with Gasteiger partial charge in [0.1, 0.15) is 18.1 Å². The maximum absolute atomic E-state index is 13.7. The molecular weight excluding hydrogens is 670 g/mol. The van der Waals surface area contributed by atoms with E-state index in [2.05, 4.69) is 26.9 Å². The van der Waals surface area contributed by atoms with Crippen LogP contribution in [0.25, 0.3) is 11.0 Å². The summed E-state index contributed by atoms with van der Waals surface area (Å²) in [6.07, 6.45) is 2.81. The van der Waals surface area contributed by atoms with Gasteiger partial charge in [0.05, 0.1) is 38.9 Å². The number of piperidine rings is 1. The minimum Gasteiger partial charge on any atom is -0.493 e. The molecule has 1 amide bonds. The number of benzene rings is 3. The number of hydrogen-bond donors (Lipinski definition) is 2. The molecule has 270 valence electrons. The second kappa shape index (κ2) is 16.5. The Morgan fingerprint density at radius 3 is 2.39 bits per heavy atom. The number of likely N-dealkylation sites (tertiary alicyclic amines) is 1. The van der Waals surface area contributed by atoms with Crippen LogP contribution in [-0.4, -0.2) is 91.0 Å². The van der Waals surface area contributed by atoms with Crippen LogP contribution >= 0.6 is 11.6 Å². The minimum atomic E-state index is -0.139. The second-order valence-electron chi connectivity index (χ2n) is 12.9. The van der Waals surface area contributed by atoms with Crippen LogP contribution in [0.5, 0.6) is 17.2 Å². The molecule has 3 heterocycles. The number of nitrogens with one attached hydrogen (secondary N) is 1. The molecular formula is C39H46ClN5O6. The van der Waals surface area contributed by atoms with E-state index in [1.165, 1.54) is 14.2 Å². The first kappa shape index (κ1) is 36.1. The van der Waals surface area contributed by atoms with Gasteiger partial charge in [-0.25, -0.2) is 4.98 Å². The van der Waals surface area contributed by atoms with Crippen molar-refractivity contribution in [3.63, 3.8) is 0 Å². The van der Waals surface area contributed by atoms with E-state index >= 15 is 0 Å². The lowest BCUT2D eigenvalue weighted by molar-refractivity contribution is 0.0781. The van der Waals surface area contributed by atoms with Crippen molar-refractivity contribution in [2.75, 3.05) is 59.9 Å². The van der Waals surface area contributed by atoms with Gasteiger partial charge in [0, 0.05) is 49.2 Å². The zero-order chi connectivity index (χ0) is 35.9. The van der Waals surface area contributed by atoms with Crippen LogP contribution in [0.2, 0.25) is 5.02 Å². The van der Waals surface area contributed by atoms with E-state index in [0.717, 1.165) is 67.2 Å².